The maximum atomic E-state index is 11.4. The quantitative estimate of drug-likeness (QED) is 0.0899. The molecule has 238 valence electrons. The van der Waals surface area contributed by atoms with Crippen LogP contribution in [0, 0.1) is 0 Å². The lowest BCUT2D eigenvalue weighted by atomic mass is 9.97. The van der Waals surface area contributed by atoms with Gasteiger partial charge in [-0.2, -0.15) is 0 Å². The smallest absolute Gasteiger partial charge is 0.305 e. The van der Waals surface area contributed by atoms with Crippen molar-refractivity contribution in [1.29, 1.82) is 0 Å². The fraction of sp³-hybridized carbons (Fsp3) is 0.308. The molecule has 4 aromatic carbocycles. The minimum Gasteiger partial charge on any atom is -0.496 e. The minimum atomic E-state index is -0.219. The molecule has 6 nitrogen and oxygen atoms in total. The maximum absolute atomic E-state index is 11.4. The largest absolute Gasteiger partial charge is 0.496 e. The van der Waals surface area contributed by atoms with Crippen molar-refractivity contribution < 1.29 is 23.7 Å². The van der Waals surface area contributed by atoms with E-state index in [1.165, 1.54) is 51.6 Å². The molecule has 0 amide bonds. The standard InChI is InChI=1S/C39H41NO5S/c1-42-36-24-29(12-13-31(36)26-40-20-6-7-21-40)23-35-34-19-18-33(45-27-28-9-4-3-5-10-28)25-37(34)46-39(35)30-14-16-32(17-15-30)44-22-8-11-38(41)43-2/h3-5,9-10,12-19,24-25H,6-8,11,20-23,26-27H2,1-2H3. The predicted molar refractivity (Wildman–Crippen MR) is 185 cm³/mol. The lowest BCUT2D eigenvalue weighted by molar-refractivity contribution is -0.140. The number of ether oxygens (including phenoxy) is 4. The van der Waals surface area contributed by atoms with Gasteiger partial charge >= 0.3 is 5.97 Å². The third-order valence-electron chi connectivity index (χ3n) is 8.48. The molecule has 0 bridgehead atoms. The predicted octanol–water partition coefficient (Wildman–Crippen LogP) is 8.67. The van der Waals surface area contributed by atoms with Crippen LogP contribution in [-0.2, 0) is 29.1 Å². The summed E-state index contributed by atoms with van der Waals surface area (Å²) in [5, 5.41) is 1.23. The van der Waals surface area contributed by atoms with E-state index in [0.29, 0.717) is 26.1 Å². The lowest BCUT2D eigenvalue weighted by Gasteiger charge is -2.18. The zero-order valence-electron chi connectivity index (χ0n) is 26.6. The summed E-state index contributed by atoms with van der Waals surface area (Å²) in [6.45, 7) is 4.23. The Morgan fingerprint density at radius 2 is 1.61 bits per heavy atom. The third kappa shape index (κ3) is 7.90. The number of fused-ring (bicyclic) bond motifs is 1. The van der Waals surface area contributed by atoms with Gasteiger partial charge in [0.25, 0.3) is 0 Å². The molecule has 1 aromatic heterocycles. The zero-order valence-corrected chi connectivity index (χ0v) is 27.4. The van der Waals surface area contributed by atoms with Crippen LogP contribution in [0.25, 0.3) is 20.5 Å². The maximum Gasteiger partial charge on any atom is 0.305 e. The Morgan fingerprint density at radius 1 is 0.826 bits per heavy atom. The highest BCUT2D eigenvalue weighted by Crippen LogP contribution is 2.42. The minimum absolute atomic E-state index is 0.219. The molecular weight excluding hydrogens is 594 g/mol. The molecule has 0 saturated carbocycles. The molecule has 0 N–H and O–H groups in total. The van der Waals surface area contributed by atoms with Gasteiger partial charge in [0.15, 0.2) is 0 Å². The van der Waals surface area contributed by atoms with Gasteiger partial charge in [0.1, 0.15) is 23.9 Å². The molecule has 2 heterocycles. The summed E-state index contributed by atoms with van der Waals surface area (Å²) in [6, 6.07) is 31.6. The number of likely N-dealkylation sites (tertiary alicyclic amines) is 1. The highest BCUT2D eigenvalue weighted by atomic mass is 32.1. The topological polar surface area (TPSA) is 57.2 Å². The van der Waals surface area contributed by atoms with E-state index < -0.39 is 0 Å². The molecule has 0 atom stereocenters. The molecule has 0 unspecified atom stereocenters. The fourth-order valence-corrected chi connectivity index (χ4v) is 7.25. The van der Waals surface area contributed by atoms with Gasteiger partial charge in [0.2, 0.25) is 0 Å². The second-order valence-corrected chi connectivity index (χ2v) is 12.8. The lowest BCUT2D eigenvalue weighted by Crippen LogP contribution is -2.18. The Morgan fingerprint density at radius 3 is 2.37 bits per heavy atom. The first kappa shape index (κ1) is 31.6. The highest BCUT2D eigenvalue weighted by Gasteiger charge is 2.18. The molecule has 5 aromatic rings. The summed E-state index contributed by atoms with van der Waals surface area (Å²) >= 11 is 1.79. The molecule has 0 spiro atoms. The van der Waals surface area contributed by atoms with Crippen molar-refractivity contribution in [3.63, 3.8) is 0 Å². The van der Waals surface area contributed by atoms with E-state index in [9.17, 15) is 4.79 Å². The summed E-state index contributed by atoms with van der Waals surface area (Å²) < 4.78 is 23.9. The van der Waals surface area contributed by atoms with Crippen LogP contribution in [0.4, 0.5) is 0 Å². The van der Waals surface area contributed by atoms with E-state index in [1.807, 2.05) is 30.3 Å². The molecule has 1 aliphatic rings. The van der Waals surface area contributed by atoms with E-state index in [4.69, 9.17) is 18.9 Å². The molecule has 1 saturated heterocycles. The average Bonchev–Trinajstić information content (AvgIpc) is 3.74. The number of rotatable bonds is 14. The van der Waals surface area contributed by atoms with Gasteiger partial charge in [-0.25, -0.2) is 0 Å². The van der Waals surface area contributed by atoms with E-state index in [2.05, 4.69) is 65.6 Å². The monoisotopic (exact) mass is 635 g/mol. The van der Waals surface area contributed by atoms with E-state index in [1.54, 1.807) is 18.4 Å². The Bertz CT molecular complexity index is 1740. The van der Waals surface area contributed by atoms with Crippen molar-refractivity contribution in [1.82, 2.24) is 4.90 Å². The summed E-state index contributed by atoms with van der Waals surface area (Å²) in [5.41, 5.74) is 6.03. The first-order chi connectivity index (χ1) is 22.6. The molecule has 6 rings (SSSR count). The van der Waals surface area contributed by atoms with Crippen LogP contribution in [0.2, 0.25) is 0 Å². The molecular formula is C39H41NO5S. The first-order valence-electron chi connectivity index (χ1n) is 16.0. The van der Waals surface area contributed by atoms with Crippen LogP contribution in [0.5, 0.6) is 17.2 Å². The summed E-state index contributed by atoms with van der Waals surface area (Å²) in [6.07, 6.45) is 4.29. The van der Waals surface area contributed by atoms with Crippen molar-refractivity contribution in [2.24, 2.45) is 0 Å². The first-order valence-corrected chi connectivity index (χ1v) is 16.8. The molecule has 46 heavy (non-hydrogen) atoms. The van der Waals surface area contributed by atoms with Gasteiger partial charge < -0.3 is 18.9 Å². The molecule has 0 radical (unpaired) electrons. The van der Waals surface area contributed by atoms with Crippen molar-refractivity contribution in [2.75, 3.05) is 33.9 Å². The van der Waals surface area contributed by atoms with E-state index in [-0.39, 0.29) is 5.97 Å². The van der Waals surface area contributed by atoms with Gasteiger partial charge in [-0.1, -0.05) is 42.5 Å². The van der Waals surface area contributed by atoms with Crippen LogP contribution in [0.3, 0.4) is 0 Å². The molecule has 1 fully saturated rings. The highest BCUT2D eigenvalue weighted by molar-refractivity contribution is 7.22. The van der Waals surface area contributed by atoms with Gasteiger partial charge in [0.05, 0.1) is 20.8 Å². The third-order valence-corrected chi connectivity index (χ3v) is 9.72. The summed E-state index contributed by atoms with van der Waals surface area (Å²) in [5.74, 6) is 2.38. The van der Waals surface area contributed by atoms with Gasteiger partial charge in [0, 0.05) is 28.1 Å². The number of carbonyl (C=O) groups excluding carboxylic acids is 1. The fourth-order valence-electron chi connectivity index (χ4n) is 6.00. The number of methoxy groups -OCH3 is 2. The average molecular weight is 636 g/mol. The number of esters is 1. The Balaban J connectivity index is 1.27. The van der Waals surface area contributed by atoms with Crippen molar-refractivity contribution in [3.8, 4) is 27.7 Å². The number of nitrogens with zero attached hydrogens (tertiary/aromatic N) is 1. The number of thiophene rings is 1. The zero-order chi connectivity index (χ0) is 31.7. The Kier molecular flexibility index (Phi) is 10.5. The van der Waals surface area contributed by atoms with Gasteiger partial charge in [-0.15, -0.1) is 11.3 Å². The second kappa shape index (κ2) is 15.3. The number of hydrogen-bond donors (Lipinski definition) is 0. The molecule has 1 aliphatic heterocycles. The Hall–Kier alpha value is -4.33. The molecule has 0 aliphatic carbocycles. The van der Waals surface area contributed by atoms with Crippen molar-refractivity contribution in [3.05, 3.63) is 113 Å². The number of benzene rings is 4. The van der Waals surface area contributed by atoms with Gasteiger partial charge in [-0.05, 0) is 115 Å². The summed E-state index contributed by atoms with van der Waals surface area (Å²) in [4.78, 5) is 15.1. The second-order valence-electron chi connectivity index (χ2n) is 11.7. The summed E-state index contributed by atoms with van der Waals surface area (Å²) in [7, 11) is 3.18. The number of hydrogen-bond acceptors (Lipinski definition) is 7. The van der Waals surface area contributed by atoms with Gasteiger partial charge in [-0.3, -0.25) is 9.69 Å². The van der Waals surface area contributed by atoms with Crippen LogP contribution in [0.15, 0.2) is 91.0 Å². The van der Waals surface area contributed by atoms with E-state index in [0.717, 1.165) is 54.4 Å². The van der Waals surface area contributed by atoms with Crippen LogP contribution in [-0.4, -0.2) is 44.8 Å². The molecule has 7 heteroatoms. The van der Waals surface area contributed by atoms with E-state index >= 15 is 0 Å². The SMILES string of the molecule is COC(=O)CCCOc1ccc(-c2sc3cc(OCc4ccccc4)ccc3c2Cc2ccc(CN3CCCC3)c(OC)c2)cc1. The normalized spacial score (nSPS) is 13.2. The number of carbonyl (C=O) groups is 1. The van der Waals surface area contributed by atoms with Crippen LogP contribution >= 0.6 is 11.3 Å². The van der Waals surface area contributed by atoms with Crippen LogP contribution < -0.4 is 14.2 Å². The van der Waals surface area contributed by atoms with Crippen LogP contribution in [0.1, 0.15) is 47.9 Å². The Labute approximate surface area is 275 Å². The van der Waals surface area contributed by atoms with Crippen molar-refractivity contribution >= 4 is 27.4 Å². The van der Waals surface area contributed by atoms with Crippen molar-refractivity contribution in [2.45, 2.75) is 45.3 Å².